The molecule has 5 rings (SSSR count). The first-order valence-electron chi connectivity index (χ1n) is 17.5. The Labute approximate surface area is 279 Å². The topological polar surface area (TPSA) is 87.5 Å². The molecule has 252 valence electrons. The normalized spacial score (nSPS) is 15.8. The van der Waals surface area contributed by atoms with E-state index in [1.807, 2.05) is 41.5 Å². The lowest BCUT2D eigenvalue weighted by molar-refractivity contribution is -0.126. The predicted molar refractivity (Wildman–Crippen MR) is 196 cm³/mol. The summed E-state index contributed by atoms with van der Waals surface area (Å²) in [4.78, 5) is 29.2. The number of nitrogen functional groups attached to an aromatic ring is 1. The molecule has 0 aromatic heterocycles. The third-order valence-electron chi connectivity index (χ3n) is 8.29. The molecular formula is C40H60N4O2. The molecule has 1 saturated heterocycles. The first kappa shape index (κ1) is 38.5. The summed E-state index contributed by atoms with van der Waals surface area (Å²) in [6.45, 7) is 21.9. The minimum atomic E-state index is -0.682. The molecule has 1 heterocycles. The molecule has 1 aliphatic heterocycles. The summed E-state index contributed by atoms with van der Waals surface area (Å²) in [7, 11) is 0. The number of anilines is 1. The van der Waals surface area contributed by atoms with Crippen LogP contribution in [-0.4, -0.2) is 48.9 Å². The smallest absolute Gasteiger partial charge is 0.251 e. The average Bonchev–Trinajstić information content (AvgIpc) is 3.65. The van der Waals surface area contributed by atoms with Gasteiger partial charge in [-0.25, -0.2) is 0 Å². The molecule has 4 N–H and O–H groups in total. The van der Waals surface area contributed by atoms with Crippen molar-refractivity contribution in [1.82, 2.24) is 15.5 Å². The monoisotopic (exact) mass is 628 g/mol. The summed E-state index contributed by atoms with van der Waals surface area (Å²) in [6.07, 6.45) is 3.64. The molecule has 1 aliphatic carbocycles. The van der Waals surface area contributed by atoms with Crippen molar-refractivity contribution in [3.05, 3.63) is 89.5 Å². The maximum atomic E-state index is 14.1. The summed E-state index contributed by atoms with van der Waals surface area (Å²) in [5.74, 6) is 0.0556. The molecule has 46 heavy (non-hydrogen) atoms. The zero-order valence-corrected chi connectivity index (χ0v) is 30.0. The van der Waals surface area contributed by atoms with Gasteiger partial charge in [0.05, 0.1) is 0 Å². The van der Waals surface area contributed by atoms with Gasteiger partial charge in [-0.1, -0.05) is 117 Å². The van der Waals surface area contributed by atoms with E-state index in [-0.39, 0.29) is 23.3 Å². The van der Waals surface area contributed by atoms with Gasteiger partial charge in [0, 0.05) is 36.9 Å². The van der Waals surface area contributed by atoms with Crippen molar-refractivity contribution in [2.24, 2.45) is 5.41 Å². The highest BCUT2D eigenvalue weighted by atomic mass is 16.2. The molecule has 0 radical (unpaired) electrons. The Morgan fingerprint density at radius 1 is 0.826 bits per heavy atom. The van der Waals surface area contributed by atoms with Crippen LogP contribution in [0.5, 0.6) is 0 Å². The van der Waals surface area contributed by atoms with Crippen LogP contribution in [0.25, 0.3) is 11.1 Å². The van der Waals surface area contributed by atoms with Gasteiger partial charge in [0.1, 0.15) is 5.41 Å². The van der Waals surface area contributed by atoms with E-state index in [1.54, 1.807) is 24.3 Å². The van der Waals surface area contributed by atoms with Gasteiger partial charge in [0.2, 0.25) is 5.91 Å². The van der Waals surface area contributed by atoms with Crippen molar-refractivity contribution in [3.8, 4) is 11.1 Å². The molecule has 2 amide bonds. The van der Waals surface area contributed by atoms with Gasteiger partial charge < -0.3 is 21.3 Å². The van der Waals surface area contributed by atoms with Gasteiger partial charge in [-0.2, -0.15) is 0 Å². The highest BCUT2D eigenvalue weighted by molar-refractivity contribution is 6.00. The number of nitrogens with one attached hydrogen (secondary N) is 2. The summed E-state index contributed by atoms with van der Waals surface area (Å²) in [6, 6.07) is 24.0. The number of carbonyl (C=O) groups excluding carboxylic acids is 2. The SMILES string of the molecule is CC.CC.CC.CC(C)(C)CNC(=O)C1(CCCCN2CCC(NC(=O)c3ccc(N)cc3)C2)c2ccccc2-c2ccccc21. The zero-order chi connectivity index (χ0) is 34.3. The average molecular weight is 629 g/mol. The number of nitrogens with two attached hydrogens (primary N) is 1. The van der Waals surface area contributed by atoms with Crippen LogP contribution in [0.2, 0.25) is 0 Å². The van der Waals surface area contributed by atoms with Crippen LogP contribution in [0.4, 0.5) is 5.69 Å². The molecule has 2 aliphatic rings. The van der Waals surface area contributed by atoms with E-state index < -0.39 is 5.41 Å². The van der Waals surface area contributed by atoms with E-state index in [1.165, 1.54) is 11.1 Å². The van der Waals surface area contributed by atoms with Crippen molar-refractivity contribution in [1.29, 1.82) is 0 Å². The fraction of sp³-hybridized carbons (Fsp3) is 0.500. The van der Waals surface area contributed by atoms with Crippen molar-refractivity contribution in [2.45, 2.75) is 99.5 Å². The Morgan fingerprint density at radius 3 is 1.91 bits per heavy atom. The largest absolute Gasteiger partial charge is 0.399 e. The highest BCUT2D eigenvalue weighted by Gasteiger charge is 2.48. The summed E-state index contributed by atoms with van der Waals surface area (Å²) >= 11 is 0. The number of carbonyl (C=O) groups is 2. The maximum Gasteiger partial charge on any atom is 0.251 e. The third-order valence-corrected chi connectivity index (χ3v) is 8.29. The number of amides is 2. The van der Waals surface area contributed by atoms with E-state index in [2.05, 4.69) is 84.8 Å². The van der Waals surface area contributed by atoms with Gasteiger partial charge in [-0.3, -0.25) is 9.59 Å². The number of nitrogens with zero attached hydrogens (tertiary/aromatic N) is 1. The van der Waals surface area contributed by atoms with Gasteiger partial charge in [-0.05, 0) is 77.7 Å². The molecule has 6 nitrogen and oxygen atoms in total. The van der Waals surface area contributed by atoms with Gasteiger partial charge in [0.25, 0.3) is 5.91 Å². The van der Waals surface area contributed by atoms with E-state index in [0.29, 0.717) is 17.8 Å². The molecule has 1 unspecified atom stereocenters. The zero-order valence-electron chi connectivity index (χ0n) is 30.0. The number of likely N-dealkylation sites (tertiary alicyclic amines) is 1. The lowest BCUT2D eigenvalue weighted by Crippen LogP contribution is -2.46. The fourth-order valence-corrected chi connectivity index (χ4v) is 6.23. The van der Waals surface area contributed by atoms with Crippen LogP contribution in [0.3, 0.4) is 0 Å². The van der Waals surface area contributed by atoms with Crippen LogP contribution in [0.1, 0.15) is 109 Å². The molecule has 0 saturated carbocycles. The highest BCUT2D eigenvalue weighted by Crippen LogP contribution is 2.51. The number of benzene rings is 3. The molecule has 0 bridgehead atoms. The minimum absolute atomic E-state index is 0.00404. The van der Waals surface area contributed by atoms with Gasteiger partial charge in [0.15, 0.2) is 0 Å². The first-order chi connectivity index (χ1) is 22.2. The standard InChI is InChI=1S/C34H42N4O2.3C2H6/c1-33(2,3)23-36-32(40)34(29-12-6-4-10-27(29)28-11-5-7-13-30(28)34)19-8-9-20-38-21-18-26(22-38)37-31(39)24-14-16-25(35)17-15-24;3*1-2/h4-7,10-17,26H,8-9,18-23,35H2,1-3H3,(H,36,40)(H,37,39);3*1-2H3. The number of hydrogen-bond acceptors (Lipinski definition) is 4. The number of unbranched alkanes of at least 4 members (excludes halogenated alkanes) is 1. The Kier molecular flexibility index (Phi) is 15.5. The Hall–Kier alpha value is -3.64. The summed E-state index contributed by atoms with van der Waals surface area (Å²) in [5, 5.41) is 6.49. The van der Waals surface area contributed by atoms with Crippen molar-refractivity contribution >= 4 is 17.5 Å². The fourth-order valence-electron chi connectivity index (χ4n) is 6.23. The number of rotatable bonds is 9. The molecule has 3 aromatic rings. The summed E-state index contributed by atoms with van der Waals surface area (Å²) < 4.78 is 0. The number of fused-ring (bicyclic) bond motifs is 3. The Balaban J connectivity index is 0.00000116. The van der Waals surface area contributed by atoms with Crippen LogP contribution in [-0.2, 0) is 10.2 Å². The summed E-state index contributed by atoms with van der Waals surface area (Å²) in [5.41, 5.74) is 10.9. The first-order valence-corrected chi connectivity index (χ1v) is 17.5. The van der Waals surface area contributed by atoms with Crippen LogP contribution in [0, 0.1) is 5.41 Å². The quantitative estimate of drug-likeness (QED) is 0.164. The van der Waals surface area contributed by atoms with Crippen LogP contribution >= 0.6 is 0 Å². The molecule has 3 aromatic carbocycles. The molecule has 6 heteroatoms. The van der Waals surface area contributed by atoms with Crippen molar-refractivity contribution < 1.29 is 9.59 Å². The lowest BCUT2D eigenvalue weighted by atomic mass is 9.73. The molecule has 1 atom stereocenters. The second kappa shape index (κ2) is 18.5. The van der Waals surface area contributed by atoms with Crippen LogP contribution in [0.15, 0.2) is 72.8 Å². The Morgan fingerprint density at radius 2 is 1.37 bits per heavy atom. The van der Waals surface area contributed by atoms with Crippen molar-refractivity contribution in [3.63, 3.8) is 0 Å². The van der Waals surface area contributed by atoms with Gasteiger partial charge in [-0.15, -0.1) is 0 Å². The maximum absolute atomic E-state index is 14.1. The van der Waals surface area contributed by atoms with E-state index in [4.69, 9.17) is 5.73 Å². The van der Waals surface area contributed by atoms with E-state index >= 15 is 0 Å². The number of hydrogen-bond donors (Lipinski definition) is 3. The minimum Gasteiger partial charge on any atom is -0.399 e. The van der Waals surface area contributed by atoms with E-state index in [0.717, 1.165) is 56.4 Å². The predicted octanol–water partition coefficient (Wildman–Crippen LogP) is 8.45. The Bertz CT molecular complexity index is 1310. The second-order valence-electron chi connectivity index (χ2n) is 12.6. The molecular weight excluding hydrogens is 568 g/mol. The van der Waals surface area contributed by atoms with Gasteiger partial charge >= 0.3 is 0 Å². The third kappa shape index (κ3) is 9.45. The van der Waals surface area contributed by atoms with Crippen LogP contribution < -0.4 is 16.4 Å². The second-order valence-corrected chi connectivity index (χ2v) is 12.6. The van der Waals surface area contributed by atoms with Crippen molar-refractivity contribution in [2.75, 3.05) is 31.9 Å². The molecule has 1 fully saturated rings. The molecule has 0 spiro atoms. The van der Waals surface area contributed by atoms with E-state index in [9.17, 15) is 9.59 Å². The lowest BCUT2D eigenvalue weighted by Gasteiger charge is -2.32.